The van der Waals surface area contributed by atoms with Crippen molar-refractivity contribution in [2.75, 3.05) is 0 Å². The van der Waals surface area contributed by atoms with Crippen LogP contribution in [0.3, 0.4) is 0 Å². The second kappa shape index (κ2) is 4.90. The first-order valence-corrected chi connectivity index (χ1v) is 9.69. The minimum atomic E-state index is -0.127. The molecule has 1 nitrogen and oxygen atoms in total. The first kappa shape index (κ1) is 14.4. The number of hydrogen-bond donors (Lipinski definition) is 0. The van der Waals surface area contributed by atoms with E-state index in [1.807, 2.05) is 0 Å². The van der Waals surface area contributed by atoms with E-state index in [-0.39, 0.29) is 10.8 Å². The summed E-state index contributed by atoms with van der Waals surface area (Å²) in [4.78, 5) is 12.1. The average molecular weight is 292 g/mol. The Kier molecular flexibility index (Phi) is 4.41. The van der Waals surface area contributed by atoms with Crippen molar-refractivity contribution in [2.24, 2.45) is 22.7 Å². The zero-order valence-corrected chi connectivity index (χ0v) is 14.2. The maximum absolute atomic E-state index is 12.1. The van der Waals surface area contributed by atoms with Crippen LogP contribution in [0.25, 0.3) is 0 Å². The van der Waals surface area contributed by atoms with Crippen molar-refractivity contribution < 1.29 is 22.1 Å². The topological polar surface area (TPSA) is 17.1 Å². The molecule has 0 aliphatic heterocycles. The van der Waals surface area contributed by atoms with Crippen molar-refractivity contribution in [3.8, 4) is 0 Å². The quantitative estimate of drug-likeness (QED) is 0.560. The first-order chi connectivity index (χ1) is 7.48. The van der Waals surface area contributed by atoms with Gasteiger partial charge in [-0.3, -0.25) is 11.4 Å². The molecule has 3 heteroatoms. The zero-order valence-electron chi connectivity index (χ0n) is 10.5. The monoisotopic (exact) mass is 290 g/mol. The molecule has 0 amide bonds. The summed E-state index contributed by atoms with van der Waals surface area (Å²) in [6.45, 7) is 10.4. The molecule has 1 unspecified atom stereocenters. The molecule has 0 aromatic rings. The number of hydrogen-bond acceptors (Lipinski definition) is 1. The van der Waals surface area contributed by atoms with Gasteiger partial charge in [0.25, 0.3) is 0 Å². The molecule has 3 aliphatic rings. The van der Waals surface area contributed by atoms with Gasteiger partial charge in [0.05, 0.1) is 0 Å². The van der Waals surface area contributed by atoms with Gasteiger partial charge in [-0.2, -0.15) is 6.42 Å². The van der Waals surface area contributed by atoms with Crippen LogP contribution in [0.4, 0.5) is 0 Å². The molecule has 0 N–H and O–H groups in total. The van der Waals surface area contributed by atoms with Crippen molar-refractivity contribution in [1.29, 1.82) is 0 Å². The number of Topliss-reactive ketones (excluding diaryl/α,β-unsaturated/α-hetero) is 1. The van der Waals surface area contributed by atoms with Gasteiger partial charge in [-0.05, 0) is 24.2 Å². The van der Waals surface area contributed by atoms with Gasteiger partial charge < -0.3 is 6.08 Å². The molecule has 3 aliphatic carbocycles. The van der Waals surface area contributed by atoms with Crippen molar-refractivity contribution in [3.05, 3.63) is 12.7 Å². The summed E-state index contributed by atoms with van der Waals surface area (Å²) in [5, 5.41) is 0. The molecule has 0 aromatic heterocycles. The van der Waals surface area contributed by atoms with Crippen LogP contribution in [0.1, 0.15) is 40.0 Å². The summed E-state index contributed by atoms with van der Waals surface area (Å²) in [7, 11) is 4.76. The Labute approximate surface area is 113 Å². The molecule has 0 heterocycles. The van der Waals surface area contributed by atoms with E-state index in [0.29, 0.717) is 17.6 Å². The van der Waals surface area contributed by atoms with Gasteiger partial charge in [-0.15, -0.1) is 0 Å². The molecular weight excluding hydrogens is 273 g/mol. The Morgan fingerprint density at radius 3 is 2.44 bits per heavy atom. The van der Waals surface area contributed by atoms with Gasteiger partial charge in [0.1, 0.15) is 5.78 Å². The summed E-state index contributed by atoms with van der Waals surface area (Å²) < 4.78 is 0. The fraction of sp³-hybridized carbons (Fsp3) is 0.769. The summed E-state index contributed by atoms with van der Waals surface area (Å²) >= 11 is 0.847. The van der Waals surface area contributed by atoms with Gasteiger partial charge in [-0.25, -0.2) is 0 Å². The third kappa shape index (κ3) is 1.56. The van der Waals surface area contributed by atoms with Gasteiger partial charge in [-0.1, -0.05) is 20.8 Å². The number of ketones is 1. The molecule has 3 fully saturated rings. The van der Waals surface area contributed by atoms with Crippen LogP contribution < -0.4 is 0 Å². The second-order valence-corrected chi connectivity index (χ2v) is 5.52. The van der Waals surface area contributed by atoms with E-state index in [1.165, 1.54) is 6.42 Å². The van der Waals surface area contributed by atoms with E-state index < -0.39 is 0 Å². The maximum atomic E-state index is 12.1. The number of allylic oxidation sites excluding steroid dienone is 1. The van der Waals surface area contributed by atoms with Crippen molar-refractivity contribution >= 4 is 15.5 Å². The number of rotatable bonds is 2. The number of halogens is 1. The Hall–Kier alpha value is 0.323. The van der Waals surface area contributed by atoms with E-state index in [2.05, 4.69) is 33.4 Å². The number of carbonyl (C=O) groups is 1. The van der Waals surface area contributed by atoms with Gasteiger partial charge in [0.2, 0.25) is 0 Å². The fourth-order valence-electron chi connectivity index (χ4n) is 3.91. The second-order valence-electron chi connectivity index (χ2n) is 5.52. The molecule has 3 atom stereocenters. The fourth-order valence-corrected chi connectivity index (χ4v) is 3.91. The van der Waals surface area contributed by atoms with Gasteiger partial charge in [0, 0.05) is 11.3 Å². The Bertz CT molecular complexity index is 300. The van der Waals surface area contributed by atoms with Crippen molar-refractivity contribution in [3.63, 3.8) is 0 Å². The van der Waals surface area contributed by atoms with E-state index in [0.717, 1.165) is 30.2 Å². The van der Waals surface area contributed by atoms with E-state index in [4.69, 9.17) is 9.69 Å². The van der Waals surface area contributed by atoms with Gasteiger partial charge >= 0.3 is 27.0 Å². The van der Waals surface area contributed by atoms with Gasteiger partial charge in [0.15, 0.2) is 0 Å². The molecule has 86 valence electrons. The van der Waals surface area contributed by atoms with Crippen LogP contribution >= 0.6 is 9.69 Å². The van der Waals surface area contributed by atoms with Crippen LogP contribution in [0.15, 0.2) is 6.58 Å². The van der Waals surface area contributed by atoms with E-state index in [9.17, 15) is 4.79 Å². The van der Waals surface area contributed by atoms with E-state index >= 15 is 0 Å². The molecule has 0 saturated heterocycles. The van der Waals surface area contributed by atoms with E-state index in [1.54, 1.807) is 0 Å². The minimum absolute atomic E-state index is 0.127. The standard InChI is InChI=1S/C13H19O.ClH.Zn/c1-5-8-13-9(2)6-7-10(11(13)14)12(13,3)4;;/h9-10H,1,6-8H2,2-4H3;1H;/q-1;;+2/p-1/t9?,10-,13+;;/m0../s1. The zero-order chi connectivity index (χ0) is 12.6. The third-order valence-corrected chi connectivity index (χ3v) is 4.91. The summed E-state index contributed by atoms with van der Waals surface area (Å²) in [5.74, 6) is 1.30. The van der Waals surface area contributed by atoms with Crippen LogP contribution in [-0.2, 0) is 22.1 Å². The first-order valence-electron chi connectivity index (χ1n) is 5.79. The number of carbonyl (C=O) groups excluding carboxylic acids is 1. The van der Waals surface area contributed by atoms with Crippen LogP contribution in [0.2, 0.25) is 0 Å². The Morgan fingerprint density at radius 2 is 2.06 bits per heavy atom. The Balaban J connectivity index is 0.000000606. The van der Waals surface area contributed by atoms with Crippen LogP contribution in [-0.4, -0.2) is 5.78 Å². The normalized spacial score (nSPS) is 39.2. The molecule has 3 saturated carbocycles. The number of fused-ring (bicyclic) bond motifs is 2. The SMILES string of the molecule is C=[C-]C[C@]12C(=O)[C@H](CCC1C)C2(C)C.[Cl][Zn+]. The van der Waals surface area contributed by atoms with Crippen molar-refractivity contribution in [1.82, 2.24) is 0 Å². The third-order valence-electron chi connectivity index (χ3n) is 4.91. The molecule has 0 spiro atoms. The molecular formula is C13H19ClOZn. The molecule has 0 radical (unpaired) electrons. The summed E-state index contributed by atoms with van der Waals surface area (Å²) in [6.07, 6.45) is 5.99. The average Bonchev–Trinajstić information content (AvgIpc) is 2.26. The van der Waals surface area contributed by atoms with Crippen LogP contribution in [0, 0.1) is 28.7 Å². The Morgan fingerprint density at radius 1 is 1.50 bits per heavy atom. The van der Waals surface area contributed by atoms with Crippen molar-refractivity contribution in [2.45, 2.75) is 40.0 Å². The molecule has 0 aromatic carbocycles. The summed E-state index contributed by atoms with van der Waals surface area (Å²) in [6, 6.07) is 0. The summed E-state index contributed by atoms with van der Waals surface area (Å²) in [5.41, 5.74) is 0.0457. The predicted molar refractivity (Wildman–Crippen MR) is 62.4 cm³/mol. The predicted octanol–water partition coefficient (Wildman–Crippen LogP) is 3.69. The molecule has 3 rings (SSSR count). The molecule has 2 bridgehead atoms. The van der Waals surface area contributed by atoms with Crippen LogP contribution in [0.5, 0.6) is 0 Å². The molecule has 16 heavy (non-hydrogen) atoms.